The molecule has 3 aromatic heterocycles. The largest absolute Gasteiger partial charge is 0.456 e. The Balaban J connectivity index is 1.04. The Morgan fingerprint density at radius 2 is 0.909 bits per heavy atom. The predicted molar refractivity (Wildman–Crippen MR) is 236 cm³/mol. The first-order valence-corrected chi connectivity index (χ1v) is 19.7. The molecule has 10 aromatic carbocycles. The van der Waals surface area contributed by atoms with E-state index >= 15 is 0 Å². The highest BCUT2D eigenvalue weighted by atomic mass is 32.1. The lowest BCUT2D eigenvalue weighted by atomic mass is 9.89. The van der Waals surface area contributed by atoms with Gasteiger partial charge in [0.15, 0.2) is 0 Å². The van der Waals surface area contributed by atoms with Crippen molar-refractivity contribution in [2.45, 2.75) is 0 Å². The molecule has 0 amide bonds. The first-order chi connectivity index (χ1) is 27.3. The molecule has 0 aliphatic rings. The lowest BCUT2D eigenvalue weighted by Crippen LogP contribution is -1.92. The van der Waals surface area contributed by atoms with Crippen molar-refractivity contribution in [3.8, 4) is 16.8 Å². The van der Waals surface area contributed by atoms with Gasteiger partial charge < -0.3 is 8.98 Å². The number of hydrogen-bond acceptors (Lipinski definition) is 2. The molecule has 0 N–H and O–H groups in total. The van der Waals surface area contributed by atoms with E-state index in [0.29, 0.717) is 0 Å². The topological polar surface area (TPSA) is 18.1 Å². The molecule has 13 rings (SSSR count). The molecule has 254 valence electrons. The van der Waals surface area contributed by atoms with E-state index in [4.69, 9.17) is 4.42 Å². The fraction of sp³-hybridized carbons (Fsp3) is 0. The van der Waals surface area contributed by atoms with Crippen LogP contribution in [0.15, 0.2) is 180 Å². The van der Waals surface area contributed by atoms with Crippen molar-refractivity contribution < 1.29 is 4.42 Å². The van der Waals surface area contributed by atoms with Crippen LogP contribution in [0.1, 0.15) is 0 Å². The van der Waals surface area contributed by atoms with Crippen LogP contribution in [0.25, 0.3) is 124 Å². The van der Waals surface area contributed by atoms with Gasteiger partial charge in [-0.05, 0) is 103 Å². The quantitative estimate of drug-likeness (QED) is 0.163. The van der Waals surface area contributed by atoms with Gasteiger partial charge in [-0.25, -0.2) is 0 Å². The molecule has 0 radical (unpaired) electrons. The molecule has 55 heavy (non-hydrogen) atoms. The first kappa shape index (κ1) is 29.5. The number of aromatic nitrogens is 1. The van der Waals surface area contributed by atoms with E-state index in [0.717, 1.165) is 27.5 Å². The molecule has 2 nitrogen and oxygen atoms in total. The summed E-state index contributed by atoms with van der Waals surface area (Å²) in [6, 6.07) is 64.4. The molecule has 3 heterocycles. The monoisotopic (exact) mass is 715 g/mol. The van der Waals surface area contributed by atoms with E-state index < -0.39 is 0 Å². The molecule has 0 fully saturated rings. The second kappa shape index (κ2) is 10.8. The first-order valence-electron chi connectivity index (χ1n) is 18.8. The van der Waals surface area contributed by atoms with E-state index in [1.165, 1.54) is 96.3 Å². The molecule has 0 bridgehead atoms. The van der Waals surface area contributed by atoms with Crippen molar-refractivity contribution in [2.75, 3.05) is 0 Å². The summed E-state index contributed by atoms with van der Waals surface area (Å²) < 4.78 is 11.8. The maximum Gasteiger partial charge on any atom is 0.136 e. The highest BCUT2D eigenvalue weighted by molar-refractivity contribution is 7.27. The lowest BCUT2D eigenvalue weighted by Gasteiger charge is -2.14. The van der Waals surface area contributed by atoms with Gasteiger partial charge in [-0.3, -0.25) is 0 Å². The Bertz CT molecular complexity index is 3770. The normalized spacial score (nSPS) is 12.4. The highest BCUT2D eigenvalue weighted by Gasteiger charge is 2.21. The number of fused-ring (bicyclic) bond motifs is 19. The summed E-state index contributed by atoms with van der Waals surface area (Å²) in [5.41, 5.74) is 7.74. The Labute approximate surface area is 318 Å². The summed E-state index contributed by atoms with van der Waals surface area (Å²) in [5.74, 6) is 0. The second-order valence-corrected chi connectivity index (χ2v) is 15.8. The van der Waals surface area contributed by atoms with Crippen molar-refractivity contribution >= 4 is 118 Å². The standard InChI is InChI=1S/C52H29NOS/c1-2-12-32(13-3-1)53-44-21-11-10-16-35(44)41-26-30(23-25-45(41)53)31-22-24-36-42-29-48-43(28-47(42)54-46(36)27-31)50-40-20-9-8-19-39(40)49-37-17-6-4-14-33(37)34-15-5-7-18-38(34)51(49)52(50)55-48/h1-29H. The molecule has 3 heteroatoms. The average molecular weight is 716 g/mol. The third-order valence-electron chi connectivity index (χ3n) is 11.9. The zero-order valence-electron chi connectivity index (χ0n) is 29.5. The maximum atomic E-state index is 6.79. The van der Waals surface area contributed by atoms with Gasteiger partial charge >= 0.3 is 0 Å². The molecule has 0 unspecified atom stereocenters. The van der Waals surface area contributed by atoms with Gasteiger partial charge in [-0.2, -0.15) is 0 Å². The SMILES string of the molecule is c1ccc(-n2c3ccccc3c3cc(-c4ccc5c(c4)oc4cc6c(cc45)sc4c6c5ccccc5c5c6ccccc6c6ccccc6c45)ccc32)cc1. The Morgan fingerprint density at radius 1 is 0.345 bits per heavy atom. The van der Waals surface area contributed by atoms with Crippen molar-refractivity contribution in [3.05, 3.63) is 176 Å². The van der Waals surface area contributed by atoms with E-state index in [1.54, 1.807) is 0 Å². The molecule has 0 aliphatic heterocycles. The second-order valence-electron chi connectivity index (χ2n) is 14.8. The number of rotatable bonds is 2. The summed E-state index contributed by atoms with van der Waals surface area (Å²) in [4.78, 5) is 0. The van der Waals surface area contributed by atoms with Crippen LogP contribution >= 0.6 is 11.3 Å². The molecule has 0 saturated carbocycles. The van der Waals surface area contributed by atoms with Gasteiger partial charge in [0.1, 0.15) is 11.2 Å². The minimum absolute atomic E-state index is 0.911. The van der Waals surface area contributed by atoms with Crippen molar-refractivity contribution in [3.63, 3.8) is 0 Å². The van der Waals surface area contributed by atoms with Crippen LogP contribution in [0.5, 0.6) is 0 Å². The van der Waals surface area contributed by atoms with Gasteiger partial charge in [0.05, 0.1) is 11.0 Å². The third-order valence-corrected chi connectivity index (χ3v) is 13.1. The summed E-state index contributed by atoms with van der Waals surface area (Å²) >= 11 is 1.91. The highest BCUT2D eigenvalue weighted by Crippen LogP contribution is 2.50. The Hall–Kier alpha value is -6.94. The van der Waals surface area contributed by atoms with Crippen molar-refractivity contribution in [1.29, 1.82) is 0 Å². The molecular formula is C52H29NOS. The van der Waals surface area contributed by atoms with Gasteiger partial charge in [-0.1, -0.05) is 121 Å². The minimum Gasteiger partial charge on any atom is -0.456 e. The minimum atomic E-state index is 0.911. The summed E-state index contributed by atoms with van der Waals surface area (Å²) in [5, 5.41) is 17.9. The molecule has 0 aliphatic carbocycles. The van der Waals surface area contributed by atoms with E-state index in [9.17, 15) is 0 Å². The molecule has 0 atom stereocenters. The van der Waals surface area contributed by atoms with Crippen LogP contribution in [0.2, 0.25) is 0 Å². The maximum absolute atomic E-state index is 6.79. The van der Waals surface area contributed by atoms with Crippen LogP contribution < -0.4 is 0 Å². The third kappa shape index (κ3) is 3.97. The number of benzene rings is 10. The number of hydrogen-bond donors (Lipinski definition) is 0. The van der Waals surface area contributed by atoms with Crippen LogP contribution in [0, 0.1) is 0 Å². The number of para-hydroxylation sites is 2. The number of thiophene rings is 1. The van der Waals surface area contributed by atoms with Crippen LogP contribution in [-0.4, -0.2) is 4.57 Å². The zero-order valence-corrected chi connectivity index (χ0v) is 30.3. The molecule has 0 spiro atoms. The average Bonchev–Trinajstić information content (AvgIpc) is 3.91. The van der Waals surface area contributed by atoms with Gasteiger partial charge in [0.25, 0.3) is 0 Å². The van der Waals surface area contributed by atoms with Gasteiger partial charge in [0, 0.05) is 52.8 Å². The van der Waals surface area contributed by atoms with Crippen LogP contribution in [0.4, 0.5) is 0 Å². The fourth-order valence-electron chi connectivity index (χ4n) is 9.57. The van der Waals surface area contributed by atoms with Crippen LogP contribution in [-0.2, 0) is 0 Å². The van der Waals surface area contributed by atoms with E-state index in [-0.39, 0.29) is 0 Å². The summed E-state index contributed by atoms with van der Waals surface area (Å²) in [6.07, 6.45) is 0. The van der Waals surface area contributed by atoms with Crippen molar-refractivity contribution in [1.82, 2.24) is 4.57 Å². The summed E-state index contributed by atoms with van der Waals surface area (Å²) in [6.45, 7) is 0. The van der Waals surface area contributed by atoms with Crippen LogP contribution in [0.3, 0.4) is 0 Å². The van der Waals surface area contributed by atoms with E-state index in [1.807, 2.05) is 11.3 Å². The molecule has 13 aromatic rings. The Morgan fingerprint density at radius 3 is 1.67 bits per heavy atom. The molecule has 0 saturated heterocycles. The Kier molecular flexibility index (Phi) is 5.80. The van der Waals surface area contributed by atoms with Gasteiger partial charge in [-0.15, -0.1) is 11.3 Å². The van der Waals surface area contributed by atoms with Crippen molar-refractivity contribution in [2.24, 2.45) is 0 Å². The smallest absolute Gasteiger partial charge is 0.136 e. The molecular weight excluding hydrogens is 687 g/mol. The zero-order chi connectivity index (χ0) is 35.8. The number of furan rings is 1. The van der Waals surface area contributed by atoms with Gasteiger partial charge in [0.2, 0.25) is 0 Å². The van der Waals surface area contributed by atoms with E-state index in [2.05, 4.69) is 180 Å². The fourth-order valence-corrected chi connectivity index (χ4v) is 10.9. The lowest BCUT2D eigenvalue weighted by molar-refractivity contribution is 0.669. The summed E-state index contributed by atoms with van der Waals surface area (Å²) in [7, 11) is 0. The number of nitrogens with zero attached hydrogens (tertiary/aromatic N) is 1. The predicted octanol–water partition coefficient (Wildman–Crippen LogP) is 15.3.